The normalized spacial score (nSPS) is 10.6. The molecule has 0 aliphatic carbocycles. The predicted octanol–water partition coefficient (Wildman–Crippen LogP) is 1.11. The zero-order valence-corrected chi connectivity index (χ0v) is 8.56. The molecule has 15 heavy (non-hydrogen) atoms. The second kappa shape index (κ2) is 7.61. The zero-order valence-electron chi connectivity index (χ0n) is 8.56. The first-order valence-corrected chi connectivity index (χ1v) is 4.39. The van der Waals surface area contributed by atoms with Crippen molar-refractivity contribution < 1.29 is 24.2 Å². The van der Waals surface area contributed by atoms with Gasteiger partial charge in [0, 0.05) is 12.5 Å². The van der Waals surface area contributed by atoms with E-state index in [9.17, 15) is 9.59 Å². The quantitative estimate of drug-likeness (QED) is 0.310. The van der Waals surface area contributed by atoms with Gasteiger partial charge in [-0.25, -0.2) is 9.59 Å². The van der Waals surface area contributed by atoms with Gasteiger partial charge in [-0.05, 0) is 6.92 Å². The maximum absolute atomic E-state index is 11.0. The zero-order chi connectivity index (χ0) is 11.7. The van der Waals surface area contributed by atoms with Crippen LogP contribution in [-0.4, -0.2) is 30.3 Å². The van der Waals surface area contributed by atoms with Crippen molar-refractivity contribution in [1.29, 1.82) is 0 Å². The van der Waals surface area contributed by atoms with Crippen molar-refractivity contribution >= 4 is 11.9 Å². The average molecular weight is 214 g/mol. The topological polar surface area (TPSA) is 72.8 Å². The highest BCUT2D eigenvalue weighted by molar-refractivity contribution is 5.87. The van der Waals surface area contributed by atoms with E-state index in [1.54, 1.807) is 0 Å². The van der Waals surface area contributed by atoms with Crippen molar-refractivity contribution in [2.75, 3.05) is 13.2 Å². The Balaban J connectivity index is 3.51. The third kappa shape index (κ3) is 6.31. The summed E-state index contributed by atoms with van der Waals surface area (Å²) >= 11 is 0. The molecule has 0 radical (unpaired) electrons. The Morgan fingerprint density at radius 1 is 1.33 bits per heavy atom. The van der Waals surface area contributed by atoms with Crippen LogP contribution in [-0.2, 0) is 19.1 Å². The second-order valence-corrected chi connectivity index (χ2v) is 2.67. The predicted molar refractivity (Wildman–Crippen MR) is 53.1 cm³/mol. The molecule has 0 aromatic rings. The maximum Gasteiger partial charge on any atom is 0.336 e. The summed E-state index contributed by atoms with van der Waals surface area (Å²) in [6, 6.07) is 0. The minimum Gasteiger partial charge on any atom is -0.515 e. The average Bonchev–Trinajstić information content (AvgIpc) is 2.26. The number of aliphatic hydroxyl groups is 1. The molecule has 0 saturated heterocycles. The van der Waals surface area contributed by atoms with E-state index in [1.807, 2.05) is 0 Å². The lowest BCUT2D eigenvalue weighted by atomic mass is 10.3. The van der Waals surface area contributed by atoms with Crippen LogP contribution in [0.1, 0.15) is 13.3 Å². The Morgan fingerprint density at radius 2 is 1.93 bits per heavy atom. The number of aliphatic hydroxyl groups excluding tert-OH is 1. The molecule has 0 fully saturated rings. The highest BCUT2D eigenvalue weighted by atomic mass is 16.5. The number of hydrogen-bond donors (Lipinski definition) is 1. The Kier molecular flexibility index (Phi) is 6.70. The first-order chi connectivity index (χ1) is 7.11. The molecule has 0 spiro atoms. The van der Waals surface area contributed by atoms with Crippen molar-refractivity contribution in [2.45, 2.75) is 13.3 Å². The number of carbonyl (C=O) groups excluding carboxylic acids is 2. The van der Waals surface area contributed by atoms with E-state index in [0.29, 0.717) is 12.7 Å². The third-order valence-electron chi connectivity index (χ3n) is 1.45. The van der Waals surface area contributed by atoms with Gasteiger partial charge in [0.25, 0.3) is 0 Å². The molecule has 0 saturated carbocycles. The van der Waals surface area contributed by atoms with Gasteiger partial charge in [0.05, 0.1) is 25.0 Å². The van der Waals surface area contributed by atoms with Gasteiger partial charge in [0.15, 0.2) is 0 Å². The van der Waals surface area contributed by atoms with Crippen LogP contribution in [0.5, 0.6) is 0 Å². The highest BCUT2D eigenvalue weighted by Crippen LogP contribution is 1.96. The van der Waals surface area contributed by atoms with E-state index >= 15 is 0 Å². The minimum absolute atomic E-state index is 0.123. The highest BCUT2D eigenvalue weighted by Gasteiger charge is 2.04. The van der Waals surface area contributed by atoms with E-state index in [4.69, 9.17) is 9.84 Å². The number of esters is 2. The molecule has 0 aliphatic rings. The summed E-state index contributed by atoms with van der Waals surface area (Å²) in [4.78, 5) is 21.5. The van der Waals surface area contributed by atoms with Crippen LogP contribution in [0.2, 0.25) is 0 Å². The fourth-order valence-corrected chi connectivity index (χ4v) is 0.622. The summed E-state index contributed by atoms with van der Waals surface area (Å²) < 4.78 is 9.37. The van der Waals surface area contributed by atoms with Crippen LogP contribution in [0.3, 0.4) is 0 Å². The summed E-state index contributed by atoms with van der Waals surface area (Å²) in [5.74, 6) is -1.10. The number of rotatable bonds is 6. The molecule has 1 N–H and O–H groups in total. The van der Waals surface area contributed by atoms with Gasteiger partial charge in [-0.15, -0.1) is 0 Å². The first-order valence-electron chi connectivity index (χ1n) is 4.39. The van der Waals surface area contributed by atoms with Crippen LogP contribution in [0, 0.1) is 0 Å². The fourth-order valence-electron chi connectivity index (χ4n) is 0.622. The molecular weight excluding hydrogens is 200 g/mol. The standard InChI is InChI=1S/C10H14O5/c1-3-9(12)14-5-4-6-15-10(13)8(2)7-11/h3,7,11H,1,4-6H2,2H3/b8-7+. The lowest BCUT2D eigenvalue weighted by molar-refractivity contribution is -0.140. The van der Waals surface area contributed by atoms with Gasteiger partial charge in [-0.1, -0.05) is 6.58 Å². The SMILES string of the molecule is C=CC(=O)OCCCOC(=O)/C(C)=C/O. The van der Waals surface area contributed by atoms with E-state index in [-0.39, 0.29) is 18.8 Å². The van der Waals surface area contributed by atoms with E-state index in [1.165, 1.54) is 6.92 Å². The van der Waals surface area contributed by atoms with Gasteiger partial charge in [-0.2, -0.15) is 0 Å². The molecule has 84 valence electrons. The van der Waals surface area contributed by atoms with Gasteiger partial charge in [-0.3, -0.25) is 0 Å². The summed E-state index contributed by atoms with van der Waals surface area (Å²) in [6.07, 6.45) is 2.15. The number of hydrogen-bond acceptors (Lipinski definition) is 5. The third-order valence-corrected chi connectivity index (χ3v) is 1.45. The molecule has 0 rings (SSSR count). The van der Waals surface area contributed by atoms with Crippen LogP contribution >= 0.6 is 0 Å². The fraction of sp³-hybridized carbons (Fsp3) is 0.400. The Bertz CT molecular complexity index is 267. The molecule has 0 aromatic heterocycles. The maximum atomic E-state index is 11.0. The van der Waals surface area contributed by atoms with Gasteiger partial charge >= 0.3 is 11.9 Å². The lowest BCUT2D eigenvalue weighted by Crippen LogP contribution is -2.10. The molecule has 0 aromatic carbocycles. The molecule has 0 aliphatic heterocycles. The molecule has 0 amide bonds. The van der Waals surface area contributed by atoms with Crippen molar-refractivity contribution in [2.24, 2.45) is 0 Å². The Morgan fingerprint density at radius 3 is 2.47 bits per heavy atom. The second-order valence-electron chi connectivity index (χ2n) is 2.67. The molecular formula is C10H14O5. The van der Waals surface area contributed by atoms with E-state index < -0.39 is 11.9 Å². The monoisotopic (exact) mass is 214 g/mol. The summed E-state index contributed by atoms with van der Waals surface area (Å²) in [5, 5.41) is 8.47. The van der Waals surface area contributed by atoms with Gasteiger partial charge in [0.1, 0.15) is 0 Å². The van der Waals surface area contributed by atoms with Crippen molar-refractivity contribution in [3.8, 4) is 0 Å². The Hall–Kier alpha value is -1.78. The number of ether oxygens (including phenoxy) is 2. The molecule has 0 unspecified atom stereocenters. The minimum atomic E-state index is -0.590. The molecule has 0 heterocycles. The van der Waals surface area contributed by atoms with E-state index in [0.717, 1.165) is 6.08 Å². The summed E-state index contributed by atoms with van der Waals surface area (Å²) in [7, 11) is 0. The Labute approximate surface area is 88.0 Å². The van der Waals surface area contributed by atoms with Gasteiger partial charge in [0.2, 0.25) is 0 Å². The van der Waals surface area contributed by atoms with Crippen LogP contribution in [0.25, 0.3) is 0 Å². The van der Waals surface area contributed by atoms with Crippen molar-refractivity contribution in [3.63, 3.8) is 0 Å². The van der Waals surface area contributed by atoms with Gasteiger partial charge < -0.3 is 14.6 Å². The van der Waals surface area contributed by atoms with Crippen LogP contribution in [0.15, 0.2) is 24.5 Å². The number of carbonyl (C=O) groups is 2. The van der Waals surface area contributed by atoms with Crippen molar-refractivity contribution in [1.82, 2.24) is 0 Å². The molecule has 5 nitrogen and oxygen atoms in total. The molecule has 0 atom stereocenters. The molecule has 5 heteroatoms. The molecule has 0 bridgehead atoms. The smallest absolute Gasteiger partial charge is 0.336 e. The van der Waals surface area contributed by atoms with Crippen LogP contribution in [0.4, 0.5) is 0 Å². The largest absolute Gasteiger partial charge is 0.515 e. The summed E-state index contributed by atoms with van der Waals surface area (Å²) in [5.41, 5.74) is 0.123. The van der Waals surface area contributed by atoms with Crippen molar-refractivity contribution in [3.05, 3.63) is 24.5 Å². The van der Waals surface area contributed by atoms with E-state index in [2.05, 4.69) is 11.3 Å². The summed E-state index contributed by atoms with van der Waals surface area (Å²) in [6.45, 7) is 4.96. The first kappa shape index (κ1) is 13.2. The lowest BCUT2D eigenvalue weighted by Gasteiger charge is -2.04. The van der Waals surface area contributed by atoms with Crippen LogP contribution < -0.4 is 0 Å².